The van der Waals surface area contributed by atoms with Crippen LogP contribution in [0.1, 0.15) is 5.56 Å². The minimum atomic E-state index is -4.50. The number of nitrogens with two attached hydrogens (primary N) is 1. The number of H-pyrrole nitrogens is 1. The molecule has 0 radical (unpaired) electrons. The van der Waals surface area contributed by atoms with Crippen LogP contribution in [0.25, 0.3) is 10.9 Å². The Bertz CT molecular complexity index is 516. The third kappa shape index (κ3) is 1.52. The Labute approximate surface area is 87.8 Å². The van der Waals surface area contributed by atoms with Crippen molar-refractivity contribution in [3.8, 4) is 0 Å². The molecule has 2 rings (SSSR count). The Morgan fingerprint density at radius 2 is 1.93 bits per heavy atom. The Morgan fingerprint density at radius 3 is 2.53 bits per heavy atom. The second-order valence-corrected chi connectivity index (χ2v) is 3.49. The number of aromatic amines is 1. The predicted molar refractivity (Wildman–Crippen MR) is 52.7 cm³/mol. The SMILES string of the molecule is Nc1ccc2[nH]cc(Cl)c2c1C(F)(F)F. The molecule has 0 aliphatic carbocycles. The Morgan fingerprint density at radius 1 is 1.27 bits per heavy atom. The van der Waals surface area contributed by atoms with E-state index in [4.69, 9.17) is 17.3 Å². The van der Waals surface area contributed by atoms with Gasteiger partial charge in [-0.1, -0.05) is 11.6 Å². The largest absolute Gasteiger partial charge is 0.419 e. The summed E-state index contributed by atoms with van der Waals surface area (Å²) in [6, 6.07) is 2.67. The van der Waals surface area contributed by atoms with Crippen LogP contribution in [0, 0.1) is 0 Å². The molecule has 0 aliphatic heterocycles. The highest BCUT2D eigenvalue weighted by molar-refractivity contribution is 6.36. The van der Waals surface area contributed by atoms with Crippen molar-refractivity contribution in [2.45, 2.75) is 6.18 Å². The molecule has 3 N–H and O–H groups in total. The molecule has 1 aromatic heterocycles. The Hall–Kier alpha value is -1.36. The predicted octanol–water partition coefficient (Wildman–Crippen LogP) is 3.42. The van der Waals surface area contributed by atoms with Crippen LogP contribution in [-0.2, 0) is 6.18 Å². The van der Waals surface area contributed by atoms with E-state index < -0.39 is 11.7 Å². The molecule has 15 heavy (non-hydrogen) atoms. The average Bonchev–Trinajstić information content (AvgIpc) is 2.46. The van der Waals surface area contributed by atoms with Crippen molar-refractivity contribution in [1.82, 2.24) is 4.98 Å². The first-order chi connectivity index (χ1) is 6.91. The lowest BCUT2D eigenvalue weighted by Crippen LogP contribution is -2.09. The van der Waals surface area contributed by atoms with Crippen molar-refractivity contribution < 1.29 is 13.2 Å². The van der Waals surface area contributed by atoms with Gasteiger partial charge in [0.05, 0.1) is 10.6 Å². The fraction of sp³-hybridized carbons (Fsp3) is 0.111. The van der Waals surface area contributed by atoms with Crippen molar-refractivity contribution in [2.24, 2.45) is 0 Å². The maximum absolute atomic E-state index is 12.7. The van der Waals surface area contributed by atoms with E-state index in [2.05, 4.69) is 4.98 Å². The topological polar surface area (TPSA) is 41.8 Å². The van der Waals surface area contributed by atoms with Crippen LogP contribution in [0.5, 0.6) is 0 Å². The van der Waals surface area contributed by atoms with E-state index in [1.54, 1.807) is 0 Å². The van der Waals surface area contributed by atoms with Gasteiger partial charge in [-0.25, -0.2) is 0 Å². The zero-order chi connectivity index (χ0) is 11.2. The van der Waals surface area contributed by atoms with Crippen molar-refractivity contribution in [1.29, 1.82) is 0 Å². The zero-order valence-corrected chi connectivity index (χ0v) is 8.08. The van der Waals surface area contributed by atoms with E-state index >= 15 is 0 Å². The van der Waals surface area contributed by atoms with E-state index in [0.717, 1.165) is 0 Å². The summed E-state index contributed by atoms with van der Waals surface area (Å²) in [6.45, 7) is 0. The fourth-order valence-corrected chi connectivity index (χ4v) is 1.76. The summed E-state index contributed by atoms with van der Waals surface area (Å²) < 4.78 is 38.1. The van der Waals surface area contributed by atoms with Gasteiger partial charge in [0.15, 0.2) is 0 Å². The fourth-order valence-electron chi connectivity index (χ4n) is 1.51. The molecule has 0 atom stereocenters. The van der Waals surface area contributed by atoms with E-state index in [1.807, 2.05) is 0 Å². The van der Waals surface area contributed by atoms with Gasteiger partial charge in [-0.2, -0.15) is 13.2 Å². The lowest BCUT2D eigenvalue weighted by molar-refractivity contribution is -0.135. The number of anilines is 1. The first-order valence-electron chi connectivity index (χ1n) is 4.03. The Kier molecular flexibility index (Phi) is 2.08. The first-order valence-corrected chi connectivity index (χ1v) is 4.41. The van der Waals surface area contributed by atoms with E-state index in [1.165, 1.54) is 18.3 Å². The van der Waals surface area contributed by atoms with Gasteiger partial charge in [0, 0.05) is 22.8 Å². The number of hydrogen-bond acceptors (Lipinski definition) is 1. The molecule has 2 nitrogen and oxygen atoms in total. The number of aromatic nitrogens is 1. The molecule has 0 amide bonds. The number of fused-ring (bicyclic) bond motifs is 1. The zero-order valence-electron chi connectivity index (χ0n) is 7.32. The number of halogens is 4. The summed E-state index contributed by atoms with van der Waals surface area (Å²) in [5, 5.41) is -0.0613. The highest BCUT2D eigenvalue weighted by Crippen LogP contribution is 2.41. The molecular weight excluding hydrogens is 229 g/mol. The van der Waals surface area contributed by atoms with Crippen LogP contribution in [-0.4, -0.2) is 4.98 Å². The van der Waals surface area contributed by atoms with Gasteiger partial charge < -0.3 is 10.7 Å². The number of rotatable bonds is 0. The standard InChI is InChI=1S/C9H6ClF3N2/c10-4-3-15-6-2-1-5(14)8(7(4)6)9(11,12)13/h1-3,15H,14H2. The van der Waals surface area contributed by atoms with Crippen molar-refractivity contribution >= 4 is 28.2 Å². The summed E-state index contributed by atoms with van der Waals surface area (Å²) in [5.41, 5.74) is 4.42. The molecule has 0 fully saturated rings. The summed E-state index contributed by atoms with van der Waals surface area (Å²) in [7, 11) is 0. The van der Waals surface area contributed by atoms with Crippen LogP contribution in [0.3, 0.4) is 0 Å². The van der Waals surface area contributed by atoms with Gasteiger partial charge in [0.1, 0.15) is 0 Å². The molecule has 2 aromatic rings. The maximum atomic E-state index is 12.7. The number of nitrogens with one attached hydrogen (secondary N) is 1. The van der Waals surface area contributed by atoms with Gasteiger partial charge in [0.25, 0.3) is 0 Å². The molecular formula is C9H6ClF3N2. The van der Waals surface area contributed by atoms with Crippen molar-refractivity contribution in [3.63, 3.8) is 0 Å². The van der Waals surface area contributed by atoms with Crippen molar-refractivity contribution in [2.75, 3.05) is 5.73 Å². The van der Waals surface area contributed by atoms with Gasteiger partial charge in [-0.05, 0) is 12.1 Å². The second-order valence-electron chi connectivity index (χ2n) is 3.09. The highest BCUT2D eigenvalue weighted by Gasteiger charge is 2.36. The van der Waals surface area contributed by atoms with Crippen LogP contribution in [0.4, 0.5) is 18.9 Å². The molecule has 0 aliphatic rings. The van der Waals surface area contributed by atoms with Crippen LogP contribution < -0.4 is 5.73 Å². The summed E-state index contributed by atoms with van der Waals surface area (Å²) in [4.78, 5) is 2.64. The van der Waals surface area contributed by atoms with Crippen LogP contribution in [0.2, 0.25) is 5.02 Å². The summed E-state index contributed by atoms with van der Waals surface area (Å²) in [6.07, 6.45) is -3.20. The molecule has 6 heteroatoms. The smallest absolute Gasteiger partial charge is 0.398 e. The average molecular weight is 235 g/mol. The van der Waals surface area contributed by atoms with Crippen LogP contribution >= 0.6 is 11.6 Å². The highest BCUT2D eigenvalue weighted by atomic mass is 35.5. The molecule has 0 bridgehead atoms. The summed E-state index contributed by atoms with van der Waals surface area (Å²) in [5.74, 6) is 0. The molecule has 0 unspecified atom stereocenters. The monoisotopic (exact) mass is 234 g/mol. The minimum Gasteiger partial charge on any atom is -0.398 e. The molecule has 0 spiro atoms. The lowest BCUT2D eigenvalue weighted by atomic mass is 10.1. The number of benzene rings is 1. The molecule has 1 aromatic carbocycles. The van der Waals surface area contributed by atoms with E-state index in [-0.39, 0.29) is 16.1 Å². The molecule has 0 saturated heterocycles. The third-order valence-electron chi connectivity index (χ3n) is 2.11. The Balaban J connectivity index is 2.90. The number of hydrogen-bond donors (Lipinski definition) is 2. The molecule has 80 valence electrons. The number of nitrogen functional groups attached to an aromatic ring is 1. The first kappa shape index (κ1) is 10.2. The third-order valence-corrected chi connectivity index (χ3v) is 2.41. The van der Waals surface area contributed by atoms with Crippen molar-refractivity contribution in [3.05, 3.63) is 28.9 Å². The van der Waals surface area contributed by atoms with Gasteiger partial charge in [-0.15, -0.1) is 0 Å². The molecule has 1 heterocycles. The number of alkyl halides is 3. The van der Waals surface area contributed by atoms with Crippen LogP contribution in [0.15, 0.2) is 18.3 Å². The van der Waals surface area contributed by atoms with Gasteiger partial charge >= 0.3 is 6.18 Å². The quantitative estimate of drug-likeness (QED) is 0.674. The lowest BCUT2D eigenvalue weighted by Gasteiger charge is -2.11. The maximum Gasteiger partial charge on any atom is 0.419 e. The minimum absolute atomic E-state index is 0.0182. The van der Waals surface area contributed by atoms with E-state index in [9.17, 15) is 13.2 Å². The second kappa shape index (κ2) is 3.06. The van der Waals surface area contributed by atoms with Gasteiger partial charge in [0.2, 0.25) is 0 Å². The summed E-state index contributed by atoms with van der Waals surface area (Å²) >= 11 is 5.67. The normalized spacial score (nSPS) is 12.3. The van der Waals surface area contributed by atoms with E-state index in [0.29, 0.717) is 5.52 Å². The van der Waals surface area contributed by atoms with Gasteiger partial charge in [-0.3, -0.25) is 0 Å². The molecule has 0 saturated carbocycles.